The molecule has 2 heterocycles. The number of benzene rings is 1. The van der Waals surface area contributed by atoms with Gasteiger partial charge in [0.15, 0.2) is 0 Å². The molecule has 2 aliphatic rings. The molecule has 3 rings (SSSR count). The summed E-state index contributed by atoms with van der Waals surface area (Å²) in [7, 11) is 1.37. The number of likely N-dealkylation sites (tertiary alicyclic amines) is 1. The maximum Gasteiger partial charge on any atom is 0.410 e. The smallest absolute Gasteiger partial charge is 0.410 e. The topological polar surface area (TPSA) is 106 Å². The number of piperidine rings is 1. The molecule has 2 aliphatic heterocycles. The van der Waals surface area contributed by atoms with Crippen molar-refractivity contribution in [1.82, 2.24) is 10.2 Å². The lowest BCUT2D eigenvalue weighted by Crippen LogP contribution is -2.51. The van der Waals surface area contributed by atoms with E-state index in [0.717, 1.165) is 43.4 Å². The van der Waals surface area contributed by atoms with Crippen molar-refractivity contribution in [2.24, 2.45) is 5.92 Å². The van der Waals surface area contributed by atoms with Crippen LogP contribution in [0.4, 0.5) is 15.3 Å². The van der Waals surface area contributed by atoms with Crippen LogP contribution in [0.15, 0.2) is 18.2 Å². The van der Waals surface area contributed by atoms with Gasteiger partial charge in [0.1, 0.15) is 11.2 Å². The molecule has 0 aromatic heterocycles. The van der Waals surface area contributed by atoms with Crippen LogP contribution < -0.4 is 10.6 Å². The summed E-state index contributed by atoms with van der Waals surface area (Å²) in [6.07, 6.45) is 3.71. The molecule has 1 saturated heterocycles. The molecular weight excluding hydrogens is 474 g/mol. The van der Waals surface area contributed by atoms with E-state index < -0.39 is 23.3 Å². The Morgan fingerprint density at radius 1 is 1.05 bits per heavy atom. The van der Waals surface area contributed by atoms with Gasteiger partial charge in [-0.05, 0) is 97.4 Å². The zero-order valence-electron chi connectivity index (χ0n) is 23.3. The van der Waals surface area contributed by atoms with Gasteiger partial charge in [-0.1, -0.05) is 0 Å². The maximum absolute atomic E-state index is 13.3. The first kappa shape index (κ1) is 28.6. The first-order valence-electron chi connectivity index (χ1n) is 13.2. The number of carbonyl (C=O) groups is 3. The molecule has 1 aromatic carbocycles. The summed E-state index contributed by atoms with van der Waals surface area (Å²) >= 11 is 0. The minimum atomic E-state index is -0.603. The molecule has 37 heavy (non-hydrogen) atoms. The third-order valence-corrected chi connectivity index (χ3v) is 6.56. The molecule has 9 nitrogen and oxygen atoms in total. The van der Waals surface area contributed by atoms with Crippen molar-refractivity contribution in [3.05, 3.63) is 29.3 Å². The Kier molecular flexibility index (Phi) is 8.97. The molecule has 9 heteroatoms. The Hall–Kier alpha value is -2.97. The highest BCUT2D eigenvalue weighted by atomic mass is 16.6. The van der Waals surface area contributed by atoms with Gasteiger partial charge in [0, 0.05) is 30.7 Å². The van der Waals surface area contributed by atoms with E-state index in [0.29, 0.717) is 18.7 Å². The van der Waals surface area contributed by atoms with Crippen LogP contribution in [0.25, 0.3) is 0 Å². The minimum Gasteiger partial charge on any atom is -0.465 e. The monoisotopic (exact) mass is 517 g/mol. The molecule has 0 spiro atoms. The number of ether oxygens (including phenoxy) is 3. The molecule has 2 amide bonds. The summed E-state index contributed by atoms with van der Waals surface area (Å²) in [6.45, 7) is 12.3. The van der Waals surface area contributed by atoms with Crippen LogP contribution in [0.1, 0.15) is 95.6 Å². The highest BCUT2D eigenvalue weighted by molar-refractivity contribution is 5.90. The largest absolute Gasteiger partial charge is 0.465 e. The molecule has 1 fully saturated rings. The van der Waals surface area contributed by atoms with Gasteiger partial charge in [0.05, 0.1) is 18.7 Å². The van der Waals surface area contributed by atoms with Crippen LogP contribution in [0.5, 0.6) is 0 Å². The second-order valence-corrected chi connectivity index (χ2v) is 11.9. The van der Waals surface area contributed by atoms with E-state index in [1.165, 1.54) is 7.11 Å². The van der Waals surface area contributed by atoms with Crippen molar-refractivity contribution in [2.75, 3.05) is 25.5 Å². The van der Waals surface area contributed by atoms with Crippen LogP contribution in [0.3, 0.4) is 0 Å². The number of amides is 2. The van der Waals surface area contributed by atoms with Crippen LogP contribution in [-0.4, -0.2) is 60.5 Å². The summed E-state index contributed by atoms with van der Waals surface area (Å²) in [4.78, 5) is 39.3. The number of fused-ring (bicyclic) bond motifs is 3. The van der Waals surface area contributed by atoms with Crippen molar-refractivity contribution in [2.45, 2.75) is 96.9 Å². The van der Waals surface area contributed by atoms with Gasteiger partial charge in [0.2, 0.25) is 0 Å². The quantitative estimate of drug-likeness (QED) is 0.285. The van der Waals surface area contributed by atoms with Gasteiger partial charge in [0.25, 0.3) is 0 Å². The molecular formula is C28H43N3O6. The molecule has 3 atom stereocenters. The lowest BCUT2D eigenvalue weighted by Gasteiger charge is -2.49. The Morgan fingerprint density at radius 3 is 2.41 bits per heavy atom. The fraction of sp³-hybridized carbons (Fsp3) is 0.679. The Bertz CT molecular complexity index is 981. The second kappa shape index (κ2) is 11.6. The minimum absolute atomic E-state index is 0.147. The first-order chi connectivity index (χ1) is 17.3. The van der Waals surface area contributed by atoms with E-state index in [1.54, 1.807) is 6.07 Å². The number of carbonyl (C=O) groups excluding carboxylic acids is 3. The van der Waals surface area contributed by atoms with E-state index in [1.807, 2.05) is 58.6 Å². The summed E-state index contributed by atoms with van der Waals surface area (Å²) in [6, 6.07) is 5.44. The highest BCUT2D eigenvalue weighted by Gasteiger charge is 2.44. The Labute approximate surface area is 220 Å². The molecule has 0 bridgehead atoms. The molecule has 2 N–H and O–H groups in total. The van der Waals surface area contributed by atoms with Crippen molar-refractivity contribution >= 4 is 23.8 Å². The molecule has 0 saturated carbocycles. The molecule has 0 radical (unpaired) electrons. The molecule has 0 aliphatic carbocycles. The van der Waals surface area contributed by atoms with E-state index in [-0.39, 0.29) is 24.1 Å². The lowest BCUT2D eigenvalue weighted by molar-refractivity contribution is -0.00404. The standard InChI is InChI=1S/C28H43N3O6/c1-27(2,3)36-25(33)29-15-9-8-12-21-19-11-10-16-31(26(34)37-28(4,5)6)23(19)20-17-18(24(32)35-7)13-14-22(20)30-21/h13-14,17,19,21,23,30H,8-12,15-16H2,1-7H3,(H,29,33)/t19-,21+,23-/m0/s1. The predicted octanol–water partition coefficient (Wildman–Crippen LogP) is 5.65. The number of esters is 1. The van der Waals surface area contributed by atoms with Gasteiger partial charge in [-0.15, -0.1) is 0 Å². The number of unbranched alkanes of at least 4 members (excludes halogenated alkanes) is 1. The van der Waals surface area contributed by atoms with Crippen molar-refractivity contribution < 1.29 is 28.6 Å². The Balaban J connectivity index is 1.76. The van der Waals surface area contributed by atoms with Crippen LogP contribution in [-0.2, 0) is 14.2 Å². The van der Waals surface area contributed by atoms with Gasteiger partial charge < -0.3 is 29.7 Å². The van der Waals surface area contributed by atoms with Gasteiger partial charge in [-0.25, -0.2) is 14.4 Å². The van der Waals surface area contributed by atoms with Crippen LogP contribution in [0.2, 0.25) is 0 Å². The summed E-state index contributed by atoms with van der Waals surface area (Å²) in [5.41, 5.74) is 1.17. The number of rotatable bonds is 6. The zero-order chi connectivity index (χ0) is 27.4. The molecule has 1 aromatic rings. The van der Waals surface area contributed by atoms with Gasteiger partial charge >= 0.3 is 18.2 Å². The predicted molar refractivity (Wildman–Crippen MR) is 142 cm³/mol. The van der Waals surface area contributed by atoms with E-state index in [2.05, 4.69) is 10.6 Å². The second-order valence-electron chi connectivity index (χ2n) is 11.9. The SMILES string of the molecule is COC(=O)c1ccc2c(c1)[C@@H]1[C@@H](CCCN1C(=O)OC(C)(C)C)[C@@H](CCCCNC(=O)OC(C)(C)C)N2. The normalized spacial score (nSPS) is 21.2. The van der Waals surface area contributed by atoms with Crippen LogP contribution in [0, 0.1) is 5.92 Å². The molecule has 206 valence electrons. The number of hydrogen-bond acceptors (Lipinski definition) is 7. The summed E-state index contributed by atoms with van der Waals surface area (Å²) in [5.74, 6) is -0.237. The third kappa shape index (κ3) is 7.76. The number of nitrogens with zero attached hydrogens (tertiary/aromatic N) is 1. The van der Waals surface area contributed by atoms with Crippen molar-refractivity contribution in [3.8, 4) is 0 Å². The summed E-state index contributed by atoms with van der Waals surface area (Å²) < 4.78 is 16.0. The number of methoxy groups -OCH3 is 1. The maximum atomic E-state index is 13.3. The average molecular weight is 518 g/mol. The van der Waals surface area contributed by atoms with Crippen molar-refractivity contribution in [3.63, 3.8) is 0 Å². The average Bonchev–Trinajstić information content (AvgIpc) is 2.80. The van der Waals surface area contributed by atoms with Gasteiger partial charge in [-0.2, -0.15) is 0 Å². The van der Waals surface area contributed by atoms with E-state index in [9.17, 15) is 14.4 Å². The fourth-order valence-electron chi connectivity index (χ4n) is 5.14. The van der Waals surface area contributed by atoms with Crippen LogP contribution >= 0.6 is 0 Å². The lowest BCUT2D eigenvalue weighted by atomic mass is 9.75. The van der Waals surface area contributed by atoms with Gasteiger partial charge in [-0.3, -0.25) is 0 Å². The number of alkyl carbamates (subject to hydrolysis) is 1. The highest BCUT2D eigenvalue weighted by Crippen LogP contribution is 2.47. The number of nitrogens with one attached hydrogen (secondary N) is 2. The Morgan fingerprint density at radius 2 is 1.76 bits per heavy atom. The number of anilines is 1. The van der Waals surface area contributed by atoms with Crippen molar-refractivity contribution in [1.29, 1.82) is 0 Å². The fourth-order valence-corrected chi connectivity index (χ4v) is 5.14. The van der Waals surface area contributed by atoms with E-state index >= 15 is 0 Å². The number of hydrogen-bond donors (Lipinski definition) is 2. The molecule has 0 unspecified atom stereocenters. The third-order valence-electron chi connectivity index (χ3n) is 6.56. The zero-order valence-corrected chi connectivity index (χ0v) is 23.3. The summed E-state index contributed by atoms with van der Waals surface area (Å²) in [5, 5.41) is 6.50. The first-order valence-corrected chi connectivity index (χ1v) is 13.2. The van der Waals surface area contributed by atoms with E-state index in [4.69, 9.17) is 14.2 Å².